The lowest BCUT2D eigenvalue weighted by Gasteiger charge is -2.22. The van der Waals surface area contributed by atoms with Gasteiger partial charge in [0.2, 0.25) is 0 Å². The molecule has 2 heterocycles. The Morgan fingerprint density at radius 2 is 1.90 bits per heavy atom. The SMILES string of the molecule is COC(=O)c1cc(CN)ncc1Oc1ccc(OCCOC2CCOCC2)cc1. The lowest BCUT2D eigenvalue weighted by molar-refractivity contribution is -0.0388. The van der Waals surface area contributed by atoms with Crippen LogP contribution in [0, 0.1) is 0 Å². The molecule has 3 rings (SSSR count). The number of nitrogens with two attached hydrogens (primary N) is 1. The fraction of sp³-hybridized carbons (Fsp3) is 0.429. The Labute approximate surface area is 169 Å². The Morgan fingerprint density at radius 3 is 2.59 bits per heavy atom. The van der Waals surface area contributed by atoms with Crippen molar-refractivity contribution in [3.8, 4) is 17.2 Å². The second kappa shape index (κ2) is 10.8. The molecule has 1 fully saturated rings. The van der Waals surface area contributed by atoms with Crippen LogP contribution in [-0.2, 0) is 20.8 Å². The molecule has 156 valence electrons. The van der Waals surface area contributed by atoms with Gasteiger partial charge in [0.25, 0.3) is 0 Å². The molecule has 0 atom stereocenters. The van der Waals surface area contributed by atoms with Crippen molar-refractivity contribution in [1.82, 2.24) is 4.98 Å². The molecule has 0 bridgehead atoms. The third kappa shape index (κ3) is 6.15. The van der Waals surface area contributed by atoms with Crippen molar-refractivity contribution in [2.24, 2.45) is 5.73 Å². The van der Waals surface area contributed by atoms with Crippen molar-refractivity contribution < 1.29 is 28.5 Å². The van der Waals surface area contributed by atoms with E-state index in [1.807, 2.05) is 0 Å². The first-order valence-electron chi connectivity index (χ1n) is 9.57. The van der Waals surface area contributed by atoms with E-state index in [0.717, 1.165) is 26.1 Å². The first kappa shape index (κ1) is 21.0. The summed E-state index contributed by atoms with van der Waals surface area (Å²) in [6.45, 7) is 2.73. The van der Waals surface area contributed by atoms with Gasteiger partial charge in [0.15, 0.2) is 5.75 Å². The number of hydrogen-bond donors (Lipinski definition) is 1. The highest BCUT2D eigenvalue weighted by Crippen LogP contribution is 2.27. The number of pyridine rings is 1. The van der Waals surface area contributed by atoms with Gasteiger partial charge in [-0.3, -0.25) is 4.98 Å². The zero-order valence-electron chi connectivity index (χ0n) is 16.5. The van der Waals surface area contributed by atoms with E-state index in [4.69, 9.17) is 29.4 Å². The normalized spacial score (nSPS) is 14.4. The van der Waals surface area contributed by atoms with Crippen LogP contribution in [0.25, 0.3) is 0 Å². The van der Waals surface area contributed by atoms with E-state index in [0.29, 0.717) is 36.2 Å². The molecule has 0 aliphatic carbocycles. The standard InChI is InChI=1S/C21H26N2O6/c1-25-21(24)19-12-15(13-22)23-14-20(19)29-18-4-2-16(3-5-18)27-10-11-28-17-6-8-26-9-7-17/h2-5,12,14,17H,6-11,13,22H2,1H3. The average Bonchev–Trinajstić information content (AvgIpc) is 2.78. The fourth-order valence-electron chi connectivity index (χ4n) is 2.90. The molecule has 0 saturated carbocycles. The summed E-state index contributed by atoms with van der Waals surface area (Å²) in [5, 5.41) is 0. The summed E-state index contributed by atoms with van der Waals surface area (Å²) < 4.78 is 27.4. The molecule has 0 radical (unpaired) electrons. The highest BCUT2D eigenvalue weighted by Gasteiger charge is 2.16. The number of esters is 1. The Balaban J connectivity index is 1.53. The number of carbonyl (C=O) groups is 1. The highest BCUT2D eigenvalue weighted by atomic mass is 16.5. The lowest BCUT2D eigenvalue weighted by Crippen LogP contribution is -2.25. The highest BCUT2D eigenvalue weighted by molar-refractivity contribution is 5.92. The molecular formula is C21H26N2O6. The molecule has 1 aromatic carbocycles. The molecule has 1 aliphatic rings. The number of rotatable bonds is 9. The average molecular weight is 402 g/mol. The van der Waals surface area contributed by atoms with Crippen molar-refractivity contribution in [2.75, 3.05) is 33.5 Å². The number of methoxy groups -OCH3 is 1. The molecule has 1 aromatic heterocycles. The largest absolute Gasteiger partial charge is 0.491 e. The second-order valence-corrected chi connectivity index (χ2v) is 6.47. The van der Waals surface area contributed by atoms with Gasteiger partial charge < -0.3 is 29.4 Å². The van der Waals surface area contributed by atoms with Gasteiger partial charge >= 0.3 is 5.97 Å². The zero-order chi connectivity index (χ0) is 20.5. The van der Waals surface area contributed by atoms with Gasteiger partial charge in [0.1, 0.15) is 23.7 Å². The topological polar surface area (TPSA) is 102 Å². The Bertz CT molecular complexity index is 790. The maximum absolute atomic E-state index is 12.0. The van der Waals surface area contributed by atoms with Gasteiger partial charge in [-0.25, -0.2) is 4.79 Å². The van der Waals surface area contributed by atoms with Crippen LogP contribution < -0.4 is 15.2 Å². The van der Waals surface area contributed by atoms with Crippen LogP contribution in [-0.4, -0.2) is 50.6 Å². The quantitative estimate of drug-likeness (QED) is 0.505. The van der Waals surface area contributed by atoms with E-state index in [1.54, 1.807) is 30.3 Å². The number of aromatic nitrogens is 1. The molecule has 8 heteroatoms. The Kier molecular flexibility index (Phi) is 7.80. The molecule has 8 nitrogen and oxygen atoms in total. The summed E-state index contributed by atoms with van der Waals surface area (Å²) in [4.78, 5) is 16.2. The molecule has 2 aromatic rings. The van der Waals surface area contributed by atoms with Crippen LogP contribution in [0.4, 0.5) is 0 Å². The number of ether oxygens (including phenoxy) is 5. The van der Waals surface area contributed by atoms with E-state index < -0.39 is 5.97 Å². The lowest BCUT2D eigenvalue weighted by atomic mass is 10.2. The molecule has 29 heavy (non-hydrogen) atoms. The number of carbonyl (C=O) groups excluding carboxylic acids is 1. The van der Waals surface area contributed by atoms with Crippen LogP contribution in [0.2, 0.25) is 0 Å². The number of hydrogen-bond acceptors (Lipinski definition) is 8. The van der Waals surface area contributed by atoms with Gasteiger partial charge in [-0.2, -0.15) is 0 Å². The summed E-state index contributed by atoms with van der Waals surface area (Å²) in [6, 6.07) is 8.67. The summed E-state index contributed by atoms with van der Waals surface area (Å²) in [5.41, 5.74) is 6.43. The van der Waals surface area contributed by atoms with Crippen LogP contribution in [0.5, 0.6) is 17.2 Å². The minimum absolute atomic E-state index is 0.217. The zero-order valence-corrected chi connectivity index (χ0v) is 16.5. The fourth-order valence-corrected chi connectivity index (χ4v) is 2.90. The minimum Gasteiger partial charge on any atom is -0.491 e. The predicted octanol–water partition coefficient (Wildman–Crippen LogP) is 2.69. The van der Waals surface area contributed by atoms with E-state index in [2.05, 4.69) is 4.98 Å². The Hall–Kier alpha value is -2.68. The molecule has 0 unspecified atom stereocenters. The molecule has 0 spiro atoms. The third-order valence-electron chi connectivity index (χ3n) is 4.46. The summed E-state index contributed by atoms with van der Waals surface area (Å²) in [7, 11) is 1.31. The smallest absolute Gasteiger partial charge is 0.341 e. The summed E-state index contributed by atoms with van der Waals surface area (Å²) >= 11 is 0. The van der Waals surface area contributed by atoms with Gasteiger partial charge in [-0.15, -0.1) is 0 Å². The summed E-state index contributed by atoms with van der Waals surface area (Å²) in [5.74, 6) is 1.04. The van der Waals surface area contributed by atoms with Gasteiger partial charge in [-0.1, -0.05) is 0 Å². The molecule has 1 aliphatic heterocycles. The predicted molar refractivity (Wildman–Crippen MR) is 105 cm³/mol. The van der Waals surface area contributed by atoms with Crippen molar-refractivity contribution in [1.29, 1.82) is 0 Å². The second-order valence-electron chi connectivity index (χ2n) is 6.47. The first-order valence-corrected chi connectivity index (χ1v) is 9.57. The molecule has 1 saturated heterocycles. The minimum atomic E-state index is -0.512. The Morgan fingerprint density at radius 1 is 1.17 bits per heavy atom. The maximum atomic E-state index is 12.0. The first-order chi connectivity index (χ1) is 14.2. The third-order valence-corrected chi connectivity index (χ3v) is 4.46. The van der Waals surface area contributed by atoms with Crippen molar-refractivity contribution >= 4 is 5.97 Å². The van der Waals surface area contributed by atoms with E-state index in [-0.39, 0.29) is 18.2 Å². The van der Waals surface area contributed by atoms with Crippen molar-refractivity contribution in [3.63, 3.8) is 0 Å². The van der Waals surface area contributed by atoms with E-state index >= 15 is 0 Å². The van der Waals surface area contributed by atoms with Crippen LogP contribution in [0.15, 0.2) is 36.5 Å². The van der Waals surface area contributed by atoms with Gasteiger partial charge in [-0.05, 0) is 43.2 Å². The van der Waals surface area contributed by atoms with E-state index in [9.17, 15) is 4.79 Å². The number of nitrogens with zero attached hydrogens (tertiary/aromatic N) is 1. The maximum Gasteiger partial charge on any atom is 0.341 e. The monoisotopic (exact) mass is 402 g/mol. The van der Waals surface area contributed by atoms with Gasteiger partial charge in [0, 0.05) is 19.8 Å². The van der Waals surface area contributed by atoms with Crippen LogP contribution in [0.1, 0.15) is 28.9 Å². The van der Waals surface area contributed by atoms with Crippen molar-refractivity contribution in [2.45, 2.75) is 25.5 Å². The van der Waals surface area contributed by atoms with Crippen LogP contribution >= 0.6 is 0 Å². The van der Waals surface area contributed by atoms with Crippen molar-refractivity contribution in [3.05, 3.63) is 47.8 Å². The molecular weight excluding hydrogens is 376 g/mol. The molecule has 2 N–H and O–H groups in total. The van der Waals surface area contributed by atoms with Crippen LogP contribution in [0.3, 0.4) is 0 Å². The number of benzene rings is 1. The molecule has 0 amide bonds. The summed E-state index contributed by atoms with van der Waals surface area (Å²) in [6.07, 6.45) is 3.58. The van der Waals surface area contributed by atoms with Gasteiger partial charge in [0.05, 0.1) is 31.7 Å². The van der Waals surface area contributed by atoms with E-state index in [1.165, 1.54) is 13.3 Å².